The zero-order chi connectivity index (χ0) is 29.0. The van der Waals surface area contributed by atoms with Crippen molar-refractivity contribution in [3.05, 3.63) is 134 Å². The molecule has 6 heterocycles. The summed E-state index contributed by atoms with van der Waals surface area (Å²) in [4.78, 5) is 29.7. The molecule has 9 rings (SSSR count). The lowest BCUT2D eigenvalue weighted by Gasteiger charge is -2.13. The van der Waals surface area contributed by atoms with Crippen LogP contribution in [0, 0.1) is 0 Å². The largest absolute Gasteiger partial charge is 0.262 e. The predicted molar refractivity (Wildman–Crippen MR) is 173 cm³/mol. The SMILES string of the molecule is c1ccc(-c2ccccc2-c2nc(-n3c4ccccc4c4cccnc43)nc(-n3c4ncccc4c4cccnc43)n2)cc1. The molecule has 8 heteroatoms. The average molecular weight is 567 g/mol. The van der Waals surface area contributed by atoms with Crippen molar-refractivity contribution >= 4 is 44.0 Å². The molecule has 6 aromatic heterocycles. The van der Waals surface area contributed by atoms with Crippen LogP contribution in [0.2, 0.25) is 0 Å². The van der Waals surface area contributed by atoms with Gasteiger partial charge in [0.1, 0.15) is 16.9 Å². The highest BCUT2D eigenvalue weighted by Crippen LogP contribution is 2.34. The van der Waals surface area contributed by atoms with Gasteiger partial charge in [-0.1, -0.05) is 72.8 Å². The van der Waals surface area contributed by atoms with Crippen LogP contribution in [0.5, 0.6) is 0 Å². The van der Waals surface area contributed by atoms with Crippen molar-refractivity contribution in [2.75, 3.05) is 0 Å². The van der Waals surface area contributed by atoms with E-state index in [1.807, 2.05) is 81.9 Å². The van der Waals surface area contributed by atoms with Crippen molar-refractivity contribution < 1.29 is 0 Å². The zero-order valence-electron chi connectivity index (χ0n) is 23.3. The third-order valence-corrected chi connectivity index (χ3v) is 7.99. The monoisotopic (exact) mass is 566 g/mol. The minimum absolute atomic E-state index is 0.423. The first kappa shape index (κ1) is 24.3. The Morgan fingerprint density at radius 1 is 0.386 bits per heavy atom. The number of fused-ring (bicyclic) bond motifs is 6. The summed E-state index contributed by atoms with van der Waals surface area (Å²) in [6.45, 7) is 0. The molecule has 0 bridgehead atoms. The summed E-state index contributed by atoms with van der Waals surface area (Å²) in [6, 6.07) is 38.7. The van der Waals surface area contributed by atoms with Gasteiger partial charge in [-0.15, -0.1) is 0 Å². The van der Waals surface area contributed by atoms with Crippen LogP contribution in [0.4, 0.5) is 0 Å². The lowest BCUT2D eigenvalue weighted by molar-refractivity contribution is 0.879. The molecule has 0 saturated carbocycles. The van der Waals surface area contributed by atoms with E-state index in [1.165, 1.54) is 0 Å². The van der Waals surface area contributed by atoms with Crippen LogP contribution >= 0.6 is 0 Å². The Kier molecular flexibility index (Phi) is 5.33. The molecule has 0 radical (unpaired) electrons. The standard InChI is InChI=1S/C36H22N8/c1-2-11-23(12-3-1)24-13-4-5-15-26(24)31-40-35(43-30-19-7-6-14-25(30)27-16-8-20-37-32(27)43)42-36(41-31)44-33-28(17-9-21-38-33)29-18-10-22-39-34(29)44/h1-22H. The fraction of sp³-hybridized carbons (Fsp3) is 0. The minimum Gasteiger partial charge on any atom is -0.262 e. The maximum absolute atomic E-state index is 5.15. The number of pyridine rings is 3. The van der Waals surface area contributed by atoms with Gasteiger partial charge in [0.15, 0.2) is 5.82 Å². The average Bonchev–Trinajstić information content (AvgIpc) is 3.62. The topological polar surface area (TPSA) is 87.2 Å². The van der Waals surface area contributed by atoms with Crippen LogP contribution in [0.1, 0.15) is 0 Å². The molecule has 0 saturated heterocycles. The van der Waals surface area contributed by atoms with Gasteiger partial charge in [-0.05, 0) is 53.6 Å². The smallest absolute Gasteiger partial charge is 0.242 e. The van der Waals surface area contributed by atoms with E-state index in [2.05, 4.69) is 42.5 Å². The molecule has 0 aliphatic carbocycles. The molecule has 0 N–H and O–H groups in total. The van der Waals surface area contributed by atoms with Gasteiger partial charge in [0.2, 0.25) is 11.9 Å². The van der Waals surface area contributed by atoms with Gasteiger partial charge in [0.05, 0.1) is 5.52 Å². The summed E-state index contributed by atoms with van der Waals surface area (Å²) in [5.74, 6) is 1.42. The number of nitrogens with zero attached hydrogens (tertiary/aromatic N) is 8. The molecule has 0 aliphatic heterocycles. The highest BCUT2D eigenvalue weighted by Gasteiger charge is 2.22. The van der Waals surface area contributed by atoms with Crippen molar-refractivity contribution in [3.63, 3.8) is 0 Å². The number of hydrogen-bond acceptors (Lipinski definition) is 6. The highest BCUT2D eigenvalue weighted by molar-refractivity contribution is 6.08. The van der Waals surface area contributed by atoms with Gasteiger partial charge in [0.25, 0.3) is 0 Å². The normalized spacial score (nSPS) is 11.6. The van der Waals surface area contributed by atoms with Gasteiger partial charge in [0, 0.05) is 45.7 Å². The molecular formula is C36H22N8. The van der Waals surface area contributed by atoms with E-state index < -0.39 is 0 Å². The lowest BCUT2D eigenvalue weighted by atomic mass is 9.99. The van der Waals surface area contributed by atoms with Gasteiger partial charge in [-0.2, -0.15) is 15.0 Å². The molecule has 8 nitrogen and oxygen atoms in total. The third-order valence-electron chi connectivity index (χ3n) is 7.99. The molecule has 0 unspecified atom stereocenters. The van der Waals surface area contributed by atoms with Crippen LogP contribution < -0.4 is 0 Å². The summed E-state index contributed by atoms with van der Waals surface area (Å²) >= 11 is 0. The van der Waals surface area contributed by atoms with Crippen molar-refractivity contribution in [1.29, 1.82) is 0 Å². The Labute approximate surface area is 251 Å². The molecule has 0 spiro atoms. The first-order valence-corrected chi connectivity index (χ1v) is 14.3. The van der Waals surface area contributed by atoms with E-state index in [0.717, 1.165) is 60.7 Å². The maximum Gasteiger partial charge on any atom is 0.242 e. The molecule has 206 valence electrons. The second-order valence-corrected chi connectivity index (χ2v) is 10.5. The first-order valence-electron chi connectivity index (χ1n) is 14.3. The number of hydrogen-bond donors (Lipinski definition) is 0. The Morgan fingerprint density at radius 2 is 0.886 bits per heavy atom. The molecule has 0 fully saturated rings. The lowest BCUT2D eigenvalue weighted by Crippen LogP contribution is -2.11. The van der Waals surface area contributed by atoms with Crippen LogP contribution in [-0.2, 0) is 0 Å². The first-order chi connectivity index (χ1) is 21.8. The Morgan fingerprint density at radius 3 is 1.57 bits per heavy atom. The van der Waals surface area contributed by atoms with E-state index >= 15 is 0 Å². The van der Waals surface area contributed by atoms with Gasteiger partial charge in [-0.3, -0.25) is 4.57 Å². The number of para-hydroxylation sites is 1. The number of rotatable bonds is 4. The van der Waals surface area contributed by atoms with E-state index in [0.29, 0.717) is 17.7 Å². The van der Waals surface area contributed by atoms with Gasteiger partial charge >= 0.3 is 0 Å². The second-order valence-electron chi connectivity index (χ2n) is 10.5. The highest BCUT2D eigenvalue weighted by atomic mass is 15.3. The summed E-state index contributed by atoms with van der Waals surface area (Å²) in [5.41, 5.74) is 6.16. The summed E-state index contributed by atoms with van der Waals surface area (Å²) < 4.78 is 3.94. The predicted octanol–water partition coefficient (Wildman–Crippen LogP) is 7.58. The molecule has 9 aromatic rings. The molecule has 44 heavy (non-hydrogen) atoms. The molecule has 0 atom stereocenters. The fourth-order valence-corrected chi connectivity index (χ4v) is 6.08. The maximum atomic E-state index is 5.15. The molecule has 3 aromatic carbocycles. The van der Waals surface area contributed by atoms with Crippen molar-refractivity contribution in [2.24, 2.45) is 0 Å². The molecule has 0 aliphatic rings. The zero-order valence-corrected chi connectivity index (χ0v) is 23.3. The number of benzene rings is 3. The van der Waals surface area contributed by atoms with E-state index in [1.54, 1.807) is 18.6 Å². The number of aromatic nitrogens is 8. The third kappa shape index (κ3) is 3.64. The van der Waals surface area contributed by atoms with Crippen molar-refractivity contribution in [3.8, 4) is 34.4 Å². The van der Waals surface area contributed by atoms with E-state index in [4.69, 9.17) is 29.9 Å². The Balaban J connectivity index is 1.41. The Bertz CT molecular complexity index is 2270. The van der Waals surface area contributed by atoms with E-state index in [-0.39, 0.29) is 0 Å². The Hall–Kier alpha value is -6.28. The van der Waals surface area contributed by atoms with Crippen LogP contribution in [0.3, 0.4) is 0 Å². The van der Waals surface area contributed by atoms with Crippen molar-refractivity contribution in [1.82, 2.24) is 39.0 Å². The summed E-state index contributed by atoms with van der Waals surface area (Å²) in [6.07, 6.45) is 5.36. The van der Waals surface area contributed by atoms with Crippen LogP contribution in [-0.4, -0.2) is 39.0 Å². The summed E-state index contributed by atoms with van der Waals surface area (Å²) in [7, 11) is 0. The van der Waals surface area contributed by atoms with Crippen LogP contribution in [0.15, 0.2) is 134 Å². The second kappa shape index (κ2) is 9.64. The summed E-state index contributed by atoms with van der Waals surface area (Å²) in [5, 5.41) is 4.05. The fourth-order valence-electron chi connectivity index (χ4n) is 6.08. The quantitative estimate of drug-likeness (QED) is 0.218. The molecule has 0 amide bonds. The van der Waals surface area contributed by atoms with Crippen molar-refractivity contribution in [2.45, 2.75) is 0 Å². The van der Waals surface area contributed by atoms with Crippen LogP contribution in [0.25, 0.3) is 78.4 Å². The molecular weight excluding hydrogens is 544 g/mol. The van der Waals surface area contributed by atoms with Gasteiger partial charge in [-0.25, -0.2) is 19.5 Å². The van der Waals surface area contributed by atoms with Gasteiger partial charge < -0.3 is 0 Å². The minimum atomic E-state index is 0.423. The van der Waals surface area contributed by atoms with E-state index in [9.17, 15) is 0 Å².